The molecule has 168 valence electrons. The Morgan fingerprint density at radius 2 is 1.81 bits per heavy atom. The maximum atomic E-state index is 13.0. The zero-order valence-electron chi connectivity index (χ0n) is 17.2. The molecule has 0 radical (unpaired) electrons. The lowest BCUT2D eigenvalue weighted by Gasteiger charge is -2.27. The standard InChI is InChI=1S/C21H21ClN4O4S2/c1-30-18-10-9-16(13-17(18)20(27)26-11-3-2-4-12-26)32(28,29)25-21-24-23-19(31-21)14-5-7-15(22)8-6-14/h5-10,13H,2-4,11-12H2,1H3,(H,24,25). The Kier molecular flexibility index (Phi) is 6.63. The molecule has 0 saturated carbocycles. The van der Waals surface area contributed by atoms with Crippen LogP contribution in [0.2, 0.25) is 5.02 Å². The molecule has 32 heavy (non-hydrogen) atoms. The average molecular weight is 493 g/mol. The highest BCUT2D eigenvalue weighted by Gasteiger charge is 2.25. The zero-order chi connectivity index (χ0) is 22.7. The normalized spacial score (nSPS) is 14.2. The molecule has 0 aliphatic carbocycles. The maximum Gasteiger partial charge on any atom is 0.263 e. The van der Waals surface area contributed by atoms with Gasteiger partial charge in [0, 0.05) is 23.7 Å². The summed E-state index contributed by atoms with van der Waals surface area (Å²) >= 11 is 7.00. The molecule has 1 amide bonds. The Morgan fingerprint density at radius 3 is 2.50 bits per heavy atom. The third-order valence-electron chi connectivity index (χ3n) is 5.09. The van der Waals surface area contributed by atoms with Crippen LogP contribution >= 0.6 is 22.9 Å². The van der Waals surface area contributed by atoms with E-state index in [9.17, 15) is 13.2 Å². The van der Waals surface area contributed by atoms with Gasteiger partial charge in [0.2, 0.25) is 5.13 Å². The van der Waals surface area contributed by atoms with Gasteiger partial charge in [-0.05, 0) is 49.6 Å². The Hall–Kier alpha value is -2.69. The van der Waals surface area contributed by atoms with Crippen molar-refractivity contribution in [3.8, 4) is 16.3 Å². The summed E-state index contributed by atoms with van der Waals surface area (Å²) in [5.41, 5.74) is 0.993. The molecule has 8 nitrogen and oxygen atoms in total. The molecule has 1 saturated heterocycles. The van der Waals surface area contributed by atoms with Gasteiger partial charge in [-0.3, -0.25) is 9.52 Å². The highest BCUT2D eigenvalue weighted by molar-refractivity contribution is 7.93. The van der Waals surface area contributed by atoms with E-state index in [0.29, 0.717) is 28.9 Å². The summed E-state index contributed by atoms with van der Waals surface area (Å²) in [6.07, 6.45) is 2.94. The molecule has 1 N–H and O–H groups in total. The molecule has 0 unspecified atom stereocenters. The summed E-state index contributed by atoms with van der Waals surface area (Å²) in [6.45, 7) is 1.30. The number of anilines is 1. The Morgan fingerprint density at radius 1 is 1.09 bits per heavy atom. The van der Waals surface area contributed by atoms with E-state index in [4.69, 9.17) is 16.3 Å². The molecule has 2 heterocycles. The van der Waals surface area contributed by atoms with E-state index in [0.717, 1.165) is 36.2 Å². The number of nitrogens with one attached hydrogen (secondary N) is 1. The number of sulfonamides is 1. The number of hydrogen-bond donors (Lipinski definition) is 1. The number of benzene rings is 2. The molecule has 1 aromatic heterocycles. The van der Waals surface area contributed by atoms with E-state index < -0.39 is 10.0 Å². The number of methoxy groups -OCH3 is 1. The van der Waals surface area contributed by atoms with Crippen molar-refractivity contribution in [3.63, 3.8) is 0 Å². The predicted molar refractivity (Wildman–Crippen MR) is 124 cm³/mol. The fraction of sp³-hybridized carbons (Fsp3) is 0.286. The SMILES string of the molecule is COc1ccc(S(=O)(=O)Nc2nnc(-c3ccc(Cl)cc3)s2)cc1C(=O)N1CCCCC1. The number of amides is 1. The van der Waals surface area contributed by atoms with Crippen LogP contribution in [0.4, 0.5) is 5.13 Å². The van der Waals surface area contributed by atoms with Gasteiger partial charge >= 0.3 is 0 Å². The number of aromatic nitrogens is 2. The molecule has 11 heteroatoms. The molecular formula is C21H21ClN4O4S2. The number of likely N-dealkylation sites (tertiary alicyclic amines) is 1. The van der Waals surface area contributed by atoms with Gasteiger partial charge in [-0.2, -0.15) is 0 Å². The molecule has 0 bridgehead atoms. The summed E-state index contributed by atoms with van der Waals surface area (Å²) in [5.74, 6) is 0.0972. The van der Waals surface area contributed by atoms with Crippen molar-refractivity contribution in [2.75, 3.05) is 24.9 Å². The van der Waals surface area contributed by atoms with Gasteiger partial charge in [0.15, 0.2) is 0 Å². The number of carbonyl (C=O) groups excluding carboxylic acids is 1. The smallest absolute Gasteiger partial charge is 0.263 e. The molecule has 1 aliphatic rings. The molecular weight excluding hydrogens is 472 g/mol. The largest absolute Gasteiger partial charge is 0.496 e. The molecule has 4 rings (SSSR count). The highest BCUT2D eigenvalue weighted by atomic mass is 35.5. The van der Waals surface area contributed by atoms with E-state index in [1.165, 1.54) is 25.3 Å². The van der Waals surface area contributed by atoms with Crippen LogP contribution in [-0.4, -0.2) is 49.6 Å². The molecule has 2 aromatic carbocycles. The average Bonchev–Trinajstić information content (AvgIpc) is 3.27. The summed E-state index contributed by atoms with van der Waals surface area (Å²) in [7, 11) is -2.54. The molecule has 0 atom stereocenters. The minimum absolute atomic E-state index is 0.0538. The molecule has 0 spiro atoms. The second kappa shape index (κ2) is 9.43. The van der Waals surface area contributed by atoms with Crippen molar-refractivity contribution < 1.29 is 17.9 Å². The van der Waals surface area contributed by atoms with Crippen LogP contribution in [0.5, 0.6) is 5.75 Å². The van der Waals surface area contributed by atoms with E-state index in [-0.39, 0.29) is 21.5 Å². The first kappa shape index (κ1) is 22.5. The first-order valence-corrected chi connectivity index (χ1v) is 12.6. The van der Waals surface area contributed by atoms with Crippen LogP contribution in [0, 0.1) is 0 Å². The molecule has 3 aromatic rings. The van der Waals surface area contributed by atoms with Gasteiger partial charge in [-0.25, -0.2) is 8.42 Å². The highest BCUT2D eigenvalue weighted by Crippen LogP contribution is 2.30. The lowest BCUT2D eigenvalue weighted by atomic mass is 10.1. The van der Waals surface area contributed by atoms with Crippen molar-refractivity contribution in [1.29, 1.82) is 0 Å². The van der Waals surface area contributed by atoms with E-state index in [1.54, 1.807) is 29.2 Å². The second-order valence-electron chi connectivity index (χ2n) is 7.24. The first-order valence-electron chi connectivity index (χ1n) is 9.97. The van der Waals surface area contributed by atoms with Crippen LogP contribution in [0.1, 0.15) is 29.6 Å². The zero-order valence-corrected chi connectivity index (χ0v) is 19.6. The predicted octanol–water partition coefficient (Wildman–Crippen LogP) is 4.29. The lowest BCUT2D eigenvalue weighted by Crippen LogP contribution is -2.35. The topological polar surface area (TPSA) is 101 Å². The number of nitrogens with zero attached hydrogens (tertiary/aromatic N) is 3. The number of hydrogen-bond acceptors (Lipinski definition) is 7. The van der Waals surface area contributed by atoms with E-state index in [2.05, 4.69) is 14.9 Å². The van der Waals surface area contributed by atoms with Gasteiger partial charge in [0.1, 0.15) is 10.8 Å². The van der Waals surface area contributed by atoms with Crippen molar-refractivity contribution in [1.82, 2.24) is 15.1 Å². The summed E-state index contributed by atoms with van der Waals surface area (Å²) < 4.78 is 33.7. The summed E-state index contributed by atoms with van der Waals surface area (Å²) in [4.78, 5) is 14.7. The van der Waals surface area contributed by atoms with Crippen LogP contribution in [0.25, 0.3) is 10.6 Å². The third kappa shape index (κ3) is 4.87. The van der Waals surface area contributed by atoms with Gasteiger partial charge in [0.25, 0.3) is 15.9 Å². The fourth-order valence-corrected chi connectivity index (χ4v) is 5.57. The Bertz CT molecular complexity index is 1220. The van der Waals surface area contributed by atoms with Gasteiger partial charge in [0.05, 0.1) is 17.6 Å². The minimum atomic E-state index is -3.99. The van der Waals surface area contributed by atoms with Crippen LogP contribution in [0.15, 0.2) is 47.4 Å². The second-order valence-corrected chi connectivity index (χ2v) is 10.3. The van der Waals surface area contributed by atoms with Crippen molar-refractivity contribution in [3.05, 3.63) is 53.1 Å². The van der Waals surface area contributed by atoms with Gasteiger partial charge in [-0.15, -0.1) is 10.2 Å². The quantitative estimate of drug-likeness (QED) is 0.550. The van der Waals surface area contributed by atoms with Gasteiger partial charge in [-0.1, -0.05) is 35.1 Å². The fourth-order valence-electron chi connectivity index (χ4n) is 3.44. The molecule has 1 fully saturated rings. The monoisotopic (exact) mass is 492 g/mol. The number of carbonyl (C=O) groups is 1. The van der Waals surface area contributed by atoms with Crippen molar-refractivity contribution >= 4 is 44.0 Å². The first-order chi connectivity index (χ1) is 15.4. The number of rotatable bonds is 6. The van der Waals surface area contributed by atoms with Crippen LogP contribution < -0.4 is 9.46 Å². The van der Waals surface area contributed by atoms with Crippen LogP contribution in [0.3, 0.4) is 0 Å². The Balaban J connectivity index is 1.58. The van der Waals surface area contributed by atoms with E-state index >= 15 is 0 Å². The number of halogens is 1. The number of ether oxygens (including phenoxy) is 1. The van der Waals surface area contributed by atoms with Crippen molar-refractivity contribution in [2.24, 2.45) is 0 Å². The third-order valence-corrected chi connectivity index (χ3v) is 7.70. The lowest BCUT2D eigenvalue weighted by molar-refractivity contribution is 0.0720. The van der Waals surface area contributed by atoms with E-state index in [1.807, 2.05) is 0 Å². The van der Waals surface area contributed by atoms with Crippen molar-refractivity contribution in [2.45, 2.75) is 24.2 Å². The summed E-state index contributed by atoms with van der Waals surface area (Å²) in [6, 6.07) is 11.2. The van der Waals surface area contributed by atoms with Gasteiger partial charge < -0.3 is 9.64 Å². The maximum absolute atomic E-state index is 13.0. The molecule has 1 aliphatic heterocycles. The minimum Gasteiger partial charge on any atom is -0.496 e. The summed E-state index contributed by atoms with van der Waals surface area (Å²) in [5, 5.41) is 9.24. The van der Waals surface area contributed by atoms with Crippen LogP contribution in [-0.2, 0) is 10.0 Å². The number of piperidine rings is 1. The Labute approximate surface area is 195 Å².